The number of carbonyl (C=O) groups excluding carboxylic acids is 1. The molecule has 4 nitrogen and oxygen atoms in total. The first kappa shape index (κ1) is 17.1. The van der Waals surface area contributed by atoms with E-state index in [0.29, 0.717) is 12.0 Å². The van der Waals surface area contributed by atoms with E-state index in [4.69, 9.17) is 0 Å². The Hall–Kier alpha value is -2.24. The lowest BCUT2D eigenvalue weighted by Gasteiger charge is -2.22. The van der Waals surface area contributed by atoms with Crippen molar-refractivity contribution in [1.82, 2.24) is 5.32 Å². The van der Waals surface area contributed by atoms with Crippen molar-refractivity contribution in [2.24, 2.45) is 0 Å². The minimum atomic E-state index is -0.987. The summed E-state index contributed by atoms with van der Waals surface area (Å²) in [7, 11) is 0. The number of aliphatic hydroxyl groups excluding tert-OH is 2. The van der Waals surface area contributed by atoms with Crippen LogP contribution >= 0.6 is 0 Å². The second-order valence-electron chi connectivity index (χ2n) is 5.34. The predicted molar refractivity (Wildman–Crippen MR) is 85.1 cm³/mol. The van der Waals surface area contributed by atoms with Crippen LogP contribution in [-0.4, -0.2) is 28.8 Å². The van der Waals surface area contributed by atoms with Crippen molar-refractivity contribution < 1.29 is 19.4 Å². The molecule has 23 heavy (non-hydrogen) atoms. The van der Waals surface area contributed by atoms with E-state index in [-0.39, 0.29) is 24.8 Å². The van der Waals surface area contributed by atoms with E-state index >= 15 is 0 Å². The molecule has 1 amide bonds. The molecule has 122 valence electrons. The predicted octanol–water partition coefficient (Wildman–Crippen LogP) is 1.97. The Kier molecular flexibility index (Phi) is 6.26. The van der Waals surface area contributed by atoms with E-state index in [1.54, 1.807) is 36.4 Å². The summed E-state index contributed by atoms with van der Waals surface area (Å²) in [5, 5.41) is 22.2. The number of hydrogen-bond acceptors (Lipinski definition) is 3. The summed E-state index contributed by atoms with van der Waals surface area (Å²) in [4.78, 5) is 12.0. The Morgan fingerprint density at radius 1 is 1.13 bits per heavy atom. The van der Waals surface area contributed by atoms with E-state index in [9.17, 15) is 19.4 Å². The van der Waals surface area contributed by atoms with Gasteiger partial charge in [0.25, 0.3) is 0 Å². The van der Waals surface area contributed by atoms with Gasteiger partial charge in [-0.25, -0.2) is 4.39 Å². The van der Waals surface area contributed by atoms with Crippen molar-refractivity contribution in [3.05, 3.63) is 71.5 Å². The fourth-order valence-corrected chi connectivity index (χ4v) is 2.34. The Balaban J connectivity index is 1.89. The van der Waals surface area contributed by atoms with Gasteiger partial charge in [0.15, 0.2) is 0 Å². The van der Waals surface area contributed by atoms with Gasteiger partial charge in [-0.2, -0.15) is 0 Å². The number of benzene rings is 2. The minimum Gasteiger partial charge on any atom is -0.394 e. The molecule has 0 aliphatic carbocycles. The summed E-state index contributed by atoms with van der Waals surface area (Å²) in [6.07, 6.45) is -0.440. The molecule has 2 rings (SSSR count). The molecule has 0 aliphatic rings. The number of carbonyl (C=O) groups is 1. The molecule has 0 unspecified atom stereocenters. The first-order valence-electron chi connectivity index (χ1n) is 7.48. The van der Waals surface area contributed by atoms with Crippen molar-refractivity contribution in [2.45, 2.75) is 25.0 Å². The highest BCUT2D eigenvalue weighted by Crippen LogP contribution is 2.16. The van der Waals surface area contributed by atoms with Crippen molar-refractivity contribution >= 4 is 5.91 Å². The van der Waals surface area contributed by atoms with Crippen molar-refractivity contribution in [1.29, 1.82) is 0 Å². The number of rotatable bonds is 7. The Morgan fingerprint density at radius 2 is 1.87 bits per heavy atom. The SMILES string of the molecule is O=C(CCc1cccc(F)c1)N[C@H](CO)[C@H](O)c1ccccc1. The van der Waals surface area contributed by atoms with Gasteiger partial charge in [-0.1, -0.05) is 42.5 Å². The summed E-state index contributed by atoms with van der Waals surface area (Å²) >= 11 is 0. The molecule has 0 aliphatic heterocycles. The highest BCUT2D eigenvalue weighted by molar-refractivity contribution is 5.76. The van der Waals surface area contributed by atoms with E-state index in [2.05, 4.69) is 5.32 Å². The van der Waals surface area contributed by atoms with Crippen molar-refractivity contribution in [3.63, 3.8) is 0 Å². The smallest absolute Gasteiger partial charge is 0.220 e. The van der Waals surface area contributed by atoms with Crippen molar-refractivity contribution in [2.75, 3.05) is 6.61 Å². The highest BCUT2D eigenvalue weighted by atomic mass is 19.1. The van der Waals surface area contributed by atoms with Crippen LogP contribution in [0, 0.1) is 5.82 Å². The molecule has 0 saturated carbocycles. The zero-order chi connectivity index (χ0) is 16.7. The Labute approximate surface area is 134 Å². The molecule has 3 N–H and O–H groups in total. The zero-order valence-electron chi connectivity index (χ0n) is 12.7. The first-order valence-corrected chi connectivity index (χ1v) is 7.48. The summed E-state index contributed by atoms with van der Waals surface area (Å²) in [6.45, 7) is -0.373. The van der Waals surface area contributed by atoms with E-state index in [1.807, 2.05) is 6.07 Å². The first-order chi connectivity index (χ1) is 11.1. The second-order valence-corrected chi connectivity index (χ2v) is 5.34. The minimum absolute atomic E-state index is 0.154. The second kappa shape index (κ2) is 8.41. The third kappa shape index (κ3) is 5.16. The van der Waals surface area contributed by atoms with Gasteiger partial charge < -0.3 is 15.5 Å². The van der Waals surface area contributed by atoms with Crippen LogP contribution in [-0.2, 0) is 11.2 Å². The summed E-state index contributed by atoms with van der Waals surface area (Å²) in [5.74, 6) is -0.640. The van der Waals surface area contributed by atoms with Gasteiger partial charge >= 0.3 is 0 Å². The summed E-state index contributed by atoms with van der Waals surface area (Å²) in [6, 6.07) is 14.1. The maximum absolute atomic E-state index is 13.1. The number of nitrogens with one attached hydrogen (secondary N) is 1. The van der Waals surface area contributed by atoms with Gasteiger partial charge in [0, 0.05) is 6.42 Å². The maximum atomic E-state index is 13.1. The third-order valence-corrected chi connectivity index (χ3v) is 3.60. The number of aryl methyl sites for hydroxylation is 1. The van der Waals surface area contributed by atoms with Crippen LogP contribution in [0.25, 0.3) is 0 Å². The van der Waals surface area contributed by atoms with E-state index in [0.717, 1.165) is 5.56 Å². The molecule has 0 spiro atoms. The number of amides is 1. The molecular formula is C18H20FNO3. The molecule has 0 heterocycles. The van der Waals surface area contributed by atoms with Crippen LogP contribution in [0.3, 0.4) is 0 Å². The number of halogens is 1. The van der Waals surface area contributed by atoms with Crippen LogP contribution in [0.1, 0.15) is 23.7 Å². The topological polar surface area (TPSA) is 69.6 Å². The van der Waals surface area contributed by atoms with Crippen LogP contribution in [0.5, 0.6) is 0 Å². The zero-order valence-corrected chi connectivity index (χ0v) is 12.7. The van der Waals surface area contributed by atoms with Gasteiger partial charge in [0.2, 0.25) is 5.91 Å². The molecule has 5 heteroatoms. The standard InChI is InChI=1S/C18H20FNO3/c19-15-8-4-5-13(11-15)9-10-17(22)20-16(12-21)18(23)14-6-2-1-3-7-14/h1-8,11,16,18,21,23H,9-10,12H2,(H,20,22)/t16-,18-/m1/s1. The largest absolute Gasteiger partial charge is 0.394 e. The highest BCUT2D eigenvalue weighted by Gasteiger charge is 2.21. The maximum Gasteiger partial charge on any atom is 0.220 e. The average molecular weight is 317 g/mol. The van der Waals surface area contributed by atoms with Gasteiger partial charge in [-0.05, 0) is 29.7 Å². The Bertz CT molecular complexity index is 633. The van der Waals surface area contributed by atoms with Crippen LogP contribution in [0.4, 0.5) is 4.39 Å². The van der Waals surface area contributed by atoms with Gasteiger partial charge in [0.1, 0.15) is 11.9 Å². The third-order valence-electron chi connectivity index (χ3n) is 3.60. The van der Waals surface area contributed by atoms with Crippen LogP contribution in [0.2, 0.25) is 0 Å². The lowest BCUT2D eigenvalue weighted by atomic mass is 10.0. The van der Waals surface area contributed by atoms with Crippen molar-refractivity contribution in [3.8, 4) is 0 Å². The molecular weight excluding hydrogens is 297 g/mol. The molecule has 2 aromatic carbocycles. The van der Waals surface area contributed by atoms with Crippen LogP contribution in [0.15, 0.2) is 54.6 Å². The fraction of sp³-hybridized carbons (Fsp3) is 0.278. The molecule has 0 radical (unpaired) electrons. The number of aliphatic hydroxyl groups is 2. The normalized spacial score (nSPS) is 13.3. The summed E-state index contributed by atoms with van der Waals surface area (Å²) < 4.78 is 13.1. The fourth-order valence-electron chi connectivity index (χ4n) is 2.34. The summed E-state index contributed by atoms with van der Waals surface area (Å²) in [5.41, 5.74) is 1.35. The molecule has 0 bridgehead atoms. The van der Waals surface area contributed by atoms with Crippen LogP contribution < -0.4 is 5.32 Å². The van der Waals surface area contributed by atoms with Gasteiger partial charge in [0.05, 0.1) is 12.6 Å². The monoisotopic (exact) mass is 317 g/mol. The molecule has 2 atom stereocenters. The molecule has 0 saturated heterocycles. The van der Waals surface area contributed by atoms with E-state index in [1.165, 1.54) is 12.1 Å². The molecule has 0 fully saturated rings. The van der Waals surface area contributed by atoms with Gasteiger partial charge in [-0.3, -0.25) is 4.79 Å². The quantitative estimate of drug-likeness (QED) is 0.731. The average Bonchev–Trinajstić information content (AvgIpc) is 2.58. The molecule has 2 aromatic rings. The Morgan fingerprint density at radius 3 is 2.52 bits per heavy atom. The van der Waals surface area contributed by atoms with Gasteiger partial charge in [-0.15, -0.1) is 0 Å². The lowest BCUT2D eigenvalue weighted by Crippen LogP contribution is -2.42. The lowest BCUT2D eigenvalue weighted by molar-refractivity contribution is -0.123. The number of hydrogen-bond donors (Lipinski definition) is 3. The van der Waals surface area contributed by atoms with E-state index < -0.39 is 12.1 Å². The molecule has 0 aromatic heterocycles.